The van der Waals surface area contributed by atoms with Crippen LogP contribution in [0.1, 0.15) is 24.8 Å². The molecule has 1 aliphatic rings. The predicted octanol–water partition coefficient (Wildman–Crippen LogP) is 2.05. The van der Waals surface area contributed by atoms with Crippen LogP contribution in [0.4, 0.5) is 0 Å². The van der Waals surface area contributed by atoms with Crippen LogP contribution >= 0.6 is 12.4 Å². The van der Waals surface area contributed by atoms with Crippen molar-refractivity contribution in [3.63, 3.8) is 0 Å². The van der Waals surface area contributed by atoms with Gasteiger partial charge in [0.05, 0.1) is 12.5 Å². The SMILES string of the molecule is CN(Cc1ccoc1)C(=O)C1CCCNCC1.Cl. The Balaban J connectivity index is 0.00000162. The van der Waals surface area contributed by atoms with Crippen molar-refractivity contribution < 1.29 is 9.21 Å². The second-order valence-corrected chi connectivity index (χ2v) is 4.70. The Kier molecular flexibility index (Phi) is 6.22. The van der Waals surface area contributed by atoms with E-state index in [2.05, 4.69) is 5.32 Å². The number of halogens is 1. The molecule has 2 rings (SSSR count). The van der Waals surface area contributed by atoms with Gasteiger partial charge in [0, 0.05) is 25.1 Å². The summed E-state index contributed by atoms with van der Waals surface area (Å²) in [7, 11) is 1.87. The summed E-state index contributed by atoms with van der Waals surface area (Å²) >= 11 is 0. The lowest BCUT2D eigenvalue weighted by atomic mass is 9.99. The molecule has 1 aliphatic heterocycles. The quantitative estimate of drug-likeness (QED) is 0.916. The molecule has 102 valence electrons. The lowest BCUT2D eigenvalue weighted by Gasteiger charge is -2.22. The number of carbonyl (C=O) groups excluding carboxylic acids is 1. The molecule has 2 heterocycles. The Morgan fingerprint density at radius 3 is 3.06 bits per heavy atom. The summed E-state index contributed by atoms with van der Waals surface area (Å²) in [6.07, 6.45) is 6.38. The van der Waals surface area contributed by atoms with Gasteiger partial charge in [-0.25, -0.2) is 0 Å². The van der Waals surface area contributed by atoms with Crippen LogP contribution in [-0.2, 0) is 11.3 Å². The number of hydrogen-bond donors (Lipinski definition) is 1. The van der Waals surface area contributed by atoms with E-state index in [0.29, 0.717) is 6.54 Å². The number of nitrogens with zero attached hydrogens (tertiary/aromatic N) is 1. The molecule has 5 heteroatoms. The average molecular weight is 273 g/mol. The Hall–Kier alpha value is -1.00. The van der Waals surface area contributed by atoms with E-state index in [9.17, 15) is 4.79 Å². The summed E-state index contributed by atoms with van der Waals surface area (Å²) in [5, 5.41) is 3.33. The lowest BCUT2D eigenvalue weighted by molar-refractivity contribution is -0.135. The maximum atomic E-state index is 12.2. The van der Waals surface area contributed by atoms with Crippen molar-refractivity contribution in [2.75, 3.05) is 20.1 Å². The zero-order valence-electron chi connectivity index (χ0n) is 10.7. The molecule has 1 fully saturated rings. The van der Waals surface area contributed by atoms with Crippen LogP contribution in [0.5, 0.6) is 0 Å². The van der Waals surface area contributed by atoms with E-state index in [0.717, 1.165) is 37.9 Å². The average Bonchev–Trinajstić information content (AvgIpc) is 2.68. The van der Waals surface area contributed by atoms with E-state index in [1.807, 2.05) is 13.1 Å². The van der Waals surface area contributed by atoms with Crippen LogP contribution in [0.2, 0.25) is 0 Å². The van der Waals surface area contributed by atoms with E-state index in [1.165, 1.54) is 0 Å². The minimum Gasteiger partial charge on any atom is -0.472 e. The molecule has 18 heavy (non-hydrogen) atoms. The van der Waals surface area contributed by atoms with Gasteiger partial charge in [0.25, 0.3) is 0 Å². The molecule has 0 aromatic carbocycles. The highest BCUT2D eigenvalue weighted by Gasteiger charge is 2.23. The number of amides is 1. The van der Waals surface area contributed by atoms with Gasteiger partial charge in [-0.15, -0.1) is 12.4 Å². The second-order valence-electron chi connectivity index (χ2n) is 4.70. The highest BCUT2D eigenvalue weighted by Crippen LogP contribution is 2.17. The molecule has 1 amide bonds. The third-order valence-corrected chi connectivity index (χ3v) is 3.30. The molecule has 0 radical (unpaired) electrons. The van der Waals surface area contributed by atoms with Gasteiger partial charge in [-0.2, -0.15) is 0 Å². The van der Waals surface area contributed by atoms with E-state index < -0.39 is 0 Å². The molecule has 1 atom stereocenters. The minimum absolute atomic E-state index is 0. The lowest BCUT2D eigenvalue weighted by Crippen LogP contribution is -2.32. The third kappa shape index (κ3) is 4.03. The molecule has 0 aliphatic carbocycles. The van der Waals surface area contributed by atoms with Crippen molar-refractivity contribution in [3.8, 4) is 0 Å². The Morgan fingerprint density at radius 2 is 2.33 bits per heavy atom. The molecule has 1 N–H and O–H groups in total. The van der Waals surface area contributed by atoms with Crippen molar-refractivity contribution in [1.82, 2.24) is 10.2 Å². The fourth-order valence-corrected chi connectivity index (χ4v) is 2.31. The van der Waals surface area contributed by atoms with Gasteiger partial charge in [0.1, 0.15) is 0 Å². The Bertz CT molecular complexity index is 346. The van der Waals surface area contributed by atoms with Gasteiger partial charge in [-0.3, -0.25) is 4.79 Å². The Morgan fingerprint density at radius 1 is 1.50 bits per heavy atom. The summed E-state index contributed by atoms with van der Waals surface area (Å²) in [5.74, 6) is 0.441. The molecule has 0 bridgehead atoms. The fraction of sp³-hybridized carbons (Fsp3) is 0.615. The maximum absolute atomic E-state index is 12.2. The van der Waals surface area contributed by atoms with Crippen LogP contribution in [0.25, 0.3) is 0 Å². The van der Waals surface area contributed by atoms with Crippen LogP contribution in [-0.4, -0.2) is 30.9 Å². The molecule has 1 saturated heterocycles. The first-order valence-electron chi connectivity index (χ1n) is 6.24. The van der Waals surface area contributed by atoms with E-state index in [-0.39, 0.29) is 24.2 Å². The topological polar surface area (TPSA) is 45.5 Å². The summed E-state index contributed by atoms with van der Waals surface area (Å²) in [4.78, 5) is 14.1. The number of nitrogens with one attached hydrogen (secondary N) is 1. The third-order valence-electron chi connectivity index (χ3n) is 3.30. The van der Waals surface area contributed by atoms with E-state index in [1.54, 1.807) is 17.4 Å². The molecular weight excluding hydrogens is 252 g/mol. The molecule has 1 unspecified atom stereocenters. The predicted molar refractivity (Wildman–Crippen MR) is 72.6 cm³/mol. The summed E-state index contributed by atoms with van der Waals surface area (Å²) in [6, 6.07) is 1.90. The number of carbonyl (C=O) groups is 1. The highest BCUT2D eigenvalue weighted by atomic mass is 35.5. The standard InChI is InChI=1S/C13H20N2O2.ClH/c1-15(9-11-5-8-17-10-11)13(16)12-3-2-6-14-7-4-12;/h5,8,10,12,14H,2-4,6-7,9H2,1H3;1H. The zero-order chi connectivity index (χ0) is 12.1. The molecule has 0 spiro atoms. The van der Waals surface area contributed by atoms with Crippen LogP contribution in [0.3, 0.4) is 0 Å². The normalized spacial score (nSPS) is 19.7. The van der Waals surface area contributed by atoms with E-state index in [4.69, 9.17) is 4.42 Å². The number of rotatable bonds is 3. The summed E-state index contributed by atoms with van der Waals surface area (Å²) < 4.78 is 5.01. The zero-order valence-corrected chi connectivity index (χ0v) is 11.5. The van der Waals surface area contributed by atoms with E-state index >= 15 is 0 Å². The minimum atomic E-state index is 0. The van der Waals surface area contributed by atoms with Gasteiger partial charge in [0.15, 0.2) is 0 Å². The van der Waals surface area contributed by atoms with Crippen molar-refractivity contribution >= 4 is 18.3 Å². The first kappa shape index (κ1) is 15.1. The maximum Gasteiger partial charge on any atom is 0.225 e. The molecule has 4 nitrogen and oxygen atoms in total. The first-order chi connectivity index (χ1) is 8.27. The van der Waals surface area contributed by atoms with Crippen LogP contribution in [0.15, 0.2) is 23.0 Å². The molecule has 1 aromatic heterocycles. The van der Waals surface area contributed by atoms with Crippen molar-refractivity contribution in [2.24, 2.45) is 5.92 Å². The largest absolute Gasteiger partial charge is 0.472 e. The second kappa shape index (κ2) is 7.44. The number of hydrogen-bond acceptors (Lipinski definition) is 3. The summed E-state index contributed by atoms with van der Waals surface area (Å²) in [5.41, 5.74) is 1.05. The molecule has 0 saturated carbocycles. The van der Waals surface area contributed by atoms with Crippen molar-refractivity contribution in [1.29, 1.82) is 0 Å². The van der Waals surface area contributed by atoms with Crippen LogP contribution < -0.4 is 5.32 Å². The summed E-state index contributed by atoms with van der Waals surface area (Å²) in [6.45, 7) is 2.63. The fourth-order valence-electron chi connectivity index (χ4n) is 2.31. The van der Waals surface area contributed by atoms with Crippen molar-refractivity contribution in [2.45, 2.75) is 25.8 Å². The van der Waals surface area contributed by atoms with Gasteiger partial charge >= 0.3 is 0 Å². The van der Waals surface area contributed by atoms with Gasteiger partial charge in [-0.1, -0.05) is 0 Å². The monoisotopic (exact) mass is 272 g/mol. The van der Waals surface area contributed by atoms with Crippen LogP contribution in [0, 0.1) is 5.92 Å². The first-order valence-corrected chi connectivity index (χ1v) is 6.24. The van der Waals surface area contributed by atoms with Gasteiger partial charge in [0.2, 0.25) is 5.91 Å². The van der Waals surface area contributed by atoms with Crippen molar-refractivity contribution in [3.05, 3.63) is 24.2 Å². The highest BCUT2D eigenvalue weighted by molar-refractivity contribution is 5.85. The smallest absolute Gasteiger partial charge is 0.225 e. The van der Waals surface area contributed by atoms with Gasteiger partial charge < -0.3 is 14.6 Å². The molecular formula is C13H21ClN2O2. The van der Waals surface area contributed by atoms with Gasteiger partial charge in [-0.05, 0) is 38.4 Å². The number of furan rings is 1. The Labute approximate surface area is 114 Å². The molecule has 1 aromatic rings.